The zero-order chi connectivity index (χ0) is 16.8. The van der Waals surface area contributed by atoms with Crippen molar-refractivity contribution in [3.8, 4) is 22.8 Å². The summed E-state index contributed by atoms with van der Waals surface area (Å²) in [4.78, 5) is 12.6. The molecule has 5 rings (SSSR count). The molecule has 1 aliphatic rings. The van der Waals surface area contributed by atoms with E-state index >= 15 is 0 Å². The lowest BCUT2D eigenvalue weighted by Crippen LogP contribution is -2.15. The van der Waals surface area contributed by atoms with Crippen molar-refractivity contribution < 1.29 is 13.9 Å². The summed E-state index contributed by atoms with van der Waals surface area (Å²) < 4.78 is 17.3. The largest absolute Gasteiger partial charge is 0.486 e. The first-order chi connectivity index (χ1) is 12.3. The van der Waals surface area contributed by atoms with Crippen LogP contribution in [-0.4, -0.2) is 13.2 Å². The van der Waals surface area contributed by atoms with Crippen molar-refractivity contribution in [2.45, 2.75) is 0 Å². The summed E-state index contributed by atoms with van der Waals surface area (Å²) in [6.45, 7) is 1.06. The molecule has 122 valence electrons. The Balaban J connectivity index is 1.77. The molecule has 2 heterocycles. The predicted octanol–water partition coefficient (Wildman–Crippen LogP) is 4.38. The first-order valence-corrected chi connectivity index (χ1v) is 8.15. The average Bonchev–Trinajstić information content (AvgIpc) is 2.67. The molecule has 0 amide bonds. The first-order valence-electron chi connectivity index (χ1n) is 8.15. The van der Waals surface area contributed by atoms with E-state index in [2.05, 4.69) is 0 Å². The fourth-order valence-electron chi connectivity index (χ4n) is 3.22. The van der Waals surface area contributed by atoms with Crippen LogP contribution in [0.4, 0.5) is 0 Å². The van der Waals surface area contributed by atoms with E-state index in [1.807, 2.05) is 54.6 Å². The zero-order valence-electron chi connectivity index (χ0n) is 13.3. The maximum Gasteiger partial charge on any atom is 0.193 e. The van der Waals surface area contributed by atoms with Crippen molar-refractivity contribution >= 4 is 21.7 Å². The minimum atomic E-state index is -0.0584. The van der Waals surface area contributed by atoms with E-state index in [0.717, 1.165) is 16.3 Å². The van der Waals surface area contributed by atoms with Gasteiger partial charge in [-0.05, 0) is 29.7 Å². The van der Waals surface area contributed by atoms with Crippen molar-refractivity contribution in [1.29, 1.82) is 0 Å². The van der Waals surface area contributed by atoms with Gasteiger partial charge in [0, 0.05) is 17.0 Å². The molecule has 0 fully saturated rings. The predicted molar refractivity (Wildman–Crippen MR) is 96.4 cm³/mol. The molecular weight excluding hydrogens is 316 g/mol. The number of ether oxygens (including phenoxy) is 2. The van der Waals surface area contributed by atoms with Crippen LogP contribution in [0.3, 0.4) is 0 Å². The Morgan fingerprint density at radius 2 is 1.60 bits per heavy atom. The third-order valence-corrected chi connectivity index (χ3v) is 4.45. The number of fused-ring (bicyclic) bond motifs is 4. The summed E-state index contributed by atoms with van der Waals surface area (Å²) >= 11 is 0. The topological polar surface area (TPSA) is 48.7 Å². The van der Waals surface area contributed by atoms with E-state index in [1.54, 1.807) is 0 Å². The molecule has 1 aromatic heterocycles. The molecule has 0 saturated carbocycles. The van der Waals surface area contributed by atoms with E-state index < -0.39 is 0 Å². The van der Waals surface area contributed by atoms with Gasteiger partial charge in [0.2, 0.25) is 0 Å². The van der Waals surface area contributed by atoms with Crippen LogP contribution in [-0.2, 0) is 0 Å². The van der Waals surface area contributed by atoms with Gasteiger partial charge in [-0.1, -0.05) is 30.3 Å². The third kappa shape index (κ3) is 2.26. The highest BCUT2D eigenvalue weighted by molar-refractivity contribution is 6.04. The zero-order valence-corrected chi connectivity index (χ0v) is 13.3. The molecule has 0 bridgehead atoms. The van der Waals surface area contributed by atoms with Gasteiger partial charge in [-0.2, -0.15) is 0 Å². The van der Waals surface area contributed by atoms with Crippen molar-refractivity contribution in [3.05, 3.63) is 70.9 Å². The Bertz CT molecular complexity index is 1170. The Labute approximate surface area is 143 Å². The van der Waals surface area contributed by atoms with Gasteiger partial charge >= 0.3 is 0 Å². The van der Waals surface area contributed by atoms with Crippen LogP contribution < -0.4 is 14.9 Å². The summed E-state index contributed by atoms with van der Waals surface area (Å²) in [5.74, 6) is 1.90. The summed E-state index contributed by atoms with van der Waals surface area (Å²) in [6.07, 6.45) is 0. The number of rotatable bonds is 1. The lowest BCUT2D eigenvalue weighted by atomic mass is 10.1. The van der Waals surface area contributed by atoms with E-state index in [1.165, 1.54) is 6.07 Å². The number of benzene rings is 3. The molecule has 0 saturated heterocycles. The van der Waals surface area contributed by atoms with Gasteiger partial charge in [0.1, 0.15) is 24.6 Å². The van der Waals surface area contributed by atoms with E-state index in [9.17, 15) is 4.79 Å². The summed E-state index contributed by atoms with van der Waals surface area (Å²) in [6, 6.07) is 18.7. The van der Waals surface area contributed by atoms with Gasteiger partial charge in [-0.25, -0.2) is 0 Å². The monoisotopic (exact) mass is 330 g/mol. The molecule has 0 unspecified atom stereocenters. The maximum absolute atomic E-state index is 12.6. The second kappa shape index (κ2) is 5.38. The average molecular weight is 330 g/mol. The Morgan fingerprint density at radius 3 is 2.52 bits per heavy atom. The molecule has 0 radical (unpaired) electrons. The van der Waals surface area contributed by atoms with E-state index in [4.69, 9.17) is 13.9 Å². The molecule has 3 aromatic carbocycles. The van der Waals surface area contributed by atoms with Crippen molar-refractivity contribution in [1.82, 2.24) is 0 Å². The molecule has 0 spiro atoms. The lowest BCUT2D eigenvalue weighted by Gasteiger charge is -2.18. The summed E-state index contributed by atoms with van der Waals surface area (Å²) in [5.41, 5.74) is 1.34. The molecule has 1 aliphatic heterocycles. The number of hydrogen-bond acceptors (Lipinski definition) is 4. The molecule has 25 heavy (non-hydrogen) atoms. The molecule has 4 heteroatoms. The number of hydrogen-bond donors (Lipinski definition) is 0. The normalized spacial score (nSPS) is 13.3. The van der Waals surface area contributed by atoms with Gasteiger partial charge in [0.05, 0.1) is 5.39 Å². The second-order valence-corrected chi connectivity index (χ2v) is 6.00. The summed E-state index contributed by atoms with van der Waals surface area (Å²) in [5, 5.41) is 2.55. The molecule has 0 N–H and O–H groups in total. The first kappa shape index (κ1) is 14.1. The Morgan fingerprint density at radius 1 is 0.760 bits per heavy atom. The second-order valence-electron chi connectivity index (χ2n) is 6.00. The van der Waals surface area contributed by atoms with Crippen LogP contribution in [0.2, 0.25) is 0 Å². The van der Waals surface area contributed by atoms with Crippen molar-refractivity contribution in [2.24, 2.45) is 0 Å². The van der Waals surface area contributed by atoms with Crippen molar-refractivity contribution in [3.63, 3.8) is 0 Å². The van der Waals surface area contributed by atoms with Crippen LogP contribution in [0.25, 0.3) is 33.1 Å². The van der Waals surface area contributed by atoms with Crippen LogP contribution in [0.1, 0.15) is 0 Å². The van der Waals surface area contributed by atoms with Crippen molar-refractivity contribution in [2.75, 3.05) is 13.2 Å². The lowest BCUT2D eigenvalue weighted by molar-refractivity contribution is 0.171. The minimum absolute atomic E-state index is 0.0584. The van der Waals surface area contributed by atoms with Crippen LogP contribution >= 0.6 is 0 Å². The summed E-state index contributed by atoms with van der Waals surface area (Å²) in [7, 11) is 0. The van der Waals surface area contributed by atoms with Gasteiger partial charge in [-0.15, -0.1) is 0 Å². The standard InChI is InChI=1S/C21H14O4/c22-17-12-19(14-6-8-18-20(11-14)24-10-9-23-18)25-21-15-4-2-1-3-13(15)5-7-16(17)21/h1-8,11-12H,9-10H2. The SMILES string of the molecule is O=c1cc(-c2ccc3c(c2)OCCO3)oc2c1ccc1ccccc12. The Kier molecular flexibility index (Phi) is 3.04. The van der Waals surface area contributed by atoms with Gasteiger partial charge < -0.3 is 13.9 Å². The van der Waals surface area contributed by atoms with Crippen LogP contribution in [0.5, 0.6) is 11.5 Å². The third-order valence-electron chi connectivity index (χ3n) is 4.45. The molecule has 4 aromatic rings. The quantitative estimate of drug-likeness (QED) is 0.486. The van der Waals surface area contributed by atoms with E-state index in [0.29, 0.717) is 41.4 Å². The van der Waals surface area contributed by atoms with Gasteiger partial charge in [-0.3, -0.25) is 4.79 Å². The highest BCUT2D eigenvalue weighted by Crippen LogP contribution is 2.35. The molecule has 0 aliphatic carbocycles. The Hall–Kier alpha value is -3.27. The van der Waals surface area contributed by atoms with Gasteiger partial charge in [0.25, 0.3) is 0 Å². The minimum Gasteiger partial charge on any atom is -0.486 e. The maximum atomic E-state index is 12.6. The fourth-order valence-corrected chi connectivity index (χ4v) is 3.22. The highest BCUT2D eigenvalue weighted by atomic mass is 16.6. The highest BCUT2D eigenvalue weighted by Gasteiger charge is 2.15. The fraction of sp³-hybridized carbons (Fsp3) is 0.0952. The van der Waals surface area contributed by atoms with Gasteiger partial charge in [0.15, 0.2) is 16.9 Å². The van der Waals surface area contributed by atoms with Crippen LogP contribution in [0, 0.1) is 0 Å². The van der Waals surface area contributed by atoms with E-state index in [-0.39, 0.29) is 5.43 Å². The molecule has 4 nitrogen and oxygen atoms in total. The van der Waals surface area contributed by atoms with Crippen LogP contribution in [0.15, 0.2) is 69.9 Å². The molecule has 0 atom stereocenters. The molecular formula is C21H14O4. The smallest absolute Gasteiger partial charge is 0.193 e.